The number of hydrogen-bond donors (Lipinski definition) is 8. The Bertz CT molecular complexity index is 1320. The van der Waals surface area contributed by atoms with Crippen molar-refractivity contribution in [3.8, 4) is 28.7 Å². The number of fused-ring (bicyclic) bond motifs is 1. The number of carbonyl (C=O) groups excluding carboxylic acids is 1. The summed E-state index contributed by atoms with van der Waals surface area (Å²) in [5, 5.41) is 82.4. The minimum Gasteiger partial charge on any atom is -0.507 e. The van der Waals surface area contributed by atoms with E-state index >= 15 is 0 Å². The zero-order chi connectivity index (χ0) is 31.2. The molecule has 0 radical (unpaired) electrons. The summed E-state index contributed by atoms with van der Waals surface area (Å²) in [6, 6.07) is 6.89. The number of hydrogen-bond acceptors (Lipinski definition) is 15. The Kier molecular flexibility index (Phi) is 8.99. The fourth-order valence-electron chi connectivity index (χ4n) is 5.29. The molecule has 3 aliphatic rings. The van der Waals surface area contributed by atoms with Gasteiger partial charge in [0.1, 0.15) is 65.5 Å². The van der Waals surface area contributed by atoms with E-state index in [0.29, 0.717) is 5.56 Å². The number of ether oxygens (including phenoxy) is 6. The van der Waals surface area contributed by atoms with Crippen LogP contribution in [0.25, 0.3) is 0 Å². The molecule has 0 bridgehead atoms. The quantitative estimate of drug-likeness (QED) is 0.185. The SMILES string of the molecule is COc1ccc([C@@H]2CC(=O)c3c(O)cc(O[C@@H]4O[C@H](CO)[C@H](O)[C@H](O)[C@@H]4O[C@@H]4O[C@H](C)[C@H](O)[C@H](O)[C@@H]4O)cc3O2)cc1O. The number of Topliss-reactive ketones (excluding diaryl/α,β-unsaturated/α-hetero) is 1. The number of benzene rings is 2. The summed E-state index contributed by atoms with van der Waals surface area (Å²) in [6.45, 7) is 0.699. The molecule has 0 aromatic heterocycles. The first kappa shape index (κ1) is 31.2. The second-order valence-corrected chi connectivity index (χ2v) is 10.6. The van der Waals surface area contributed by atoms with Crippen LogP contribution in [-0.4, -0.2) is 122 Å². The Labute approximate surface area is 245 Å². The van der Waals surface area contributed by atoms with Crippen LogP contribution in [0, 0.1) is 0 Å². The summed E-state index contributed by atoms with van der Waals surface area (Å²) in [4.78, 5) is 13.0. The number of aromatic hydroxyl groups is 2. The van der Waals surface area contributed by atoms with E-state index in [0.717, 1.165) is 6.07 Å². The highest BCUT2D eigenvalue weighted by atomic mass is 16.8. The number of phenolic OH excluding ortho intramolecular Hbond substituents is 2. The predicted octanol–water partition coefficient (Wildman–Crippen LogP) is -1.16. The molecule has 43 heavy (non-hydrogen) atoms. The second-order valence-electron chi connectivity index (χ2n) is 10.6. The summed E-state index contributed by atoms with van der Waals surface area (Å²) in [5.74, 6) is -1.06. The summed E-state index contributed by atoms with van der Waals surface area (Å²) < 4.78 is 33.7. The third-order valence-corrected chi connectivity index (χ3v) is 7.72. The van der Waals surface area contributed by atoms with Crippen molar-refractivity contribution in [2.24, 2.45) is 0 Å². The van der Waals surface area contributed by atoms with Crippen LogP contribution in [0.15, 0.2) is 30.3 Å². The van der Waals surface area contributed by atoms with Gasteiger partial charge in [0, 0.05) is 12.1 Å². The largest absolute Gasteiger partial charge is 0.507 e. The molecule has 2 fully saturated rings. The number of phenols is 2. The van der Waals surface area contributed by atoms with Crippen molar-refractivity contribution in [2.45, 2.75) is 80.9 Å². The zero-order valence-electron chi connectivity index (χ0n) is 23.1. The van der Waals surface area contributed by atoms with Crippen molar-refractivity contribution >= 4 is 5.78 Å². The van der Waals surface area contributed by atoms with Crippen molar-refractivity contribution in [3.05, 3.63) is 41.5 Å². The van der Waals surface area contributed by atoms with Gasteiger partial charge >= 0.3 is 0 Å². The third-order valence-electron chi connectivity index (χ3n) is 7.72. The van der Waals surface area contributed by atoms with Gasteiger partial charge in [-0.2, -0.15) is 0 Å². The number of methoxy groups -OCH3 is 1. The molecule has 0 saturated carbocycles. The highest BCUT2D eigenvalue weighted by Crippen LogP contribution is 2.43. The van der Waals surface area contributed by atoms with Gasteiger partial charge in [-0.15, -0.1) is 0 Å². The summed E-state index contributed by atoms with van der Waals surface area (Å²) in [6.07, 6.45) is -16.3. The maximum absolute atomic E-state index is 13.0. The molecule has 0 unspecified atom stereocenters. The second kappa shape index (κ2) is 12.4. The van der Waals surface area contributed by atoms with Crippen LogP contribution in [0.2, 0.25) is 0 Å². The highest BCUT2D eigenvalue weighted by molar-refractivity contribution is 6.02. The van der Waals surface area contributed by atoms with E-state index in [-0.39, 0.29) is 35.0 Å². The highest BCUT2D eigenvalue weighted by Gasteiger charge is 2.51. The van der Waals surface area contributed by atoms with Gasteiger partial charge in [-0.1, -0.05) is 6.07 Å². The minimum atomic E-state index is -1.76. The topological polar surface area (TPSA) is 234 Å². The van der Waals surface area contributed by atoms with Crippen LogP contribution in [0.4, 0.5) is 0 Å². The number of aliphatic hydroxyl groups is 6. The summed E-state index contributed by atoms with van der Waals surface area (Å²) in [7, 11) is 1.39. The lowest BCUT2D eigenvalue weighted by Gasteiger charge is -2.45. The lowest BCUT2D eigenvalue weighted by Crippen LogP contribution is -2.64. The van der Waals surface area contributed by atoms with Gasteiger partial charge in [0.05, 0.1) is 26.2 Å². The molecule has 236 valence electrons. The fraction of sp³-hybridized carbons (Fsp3) is 0.536. The van der Waals surface area contributed by atoms with Gasteiger partial charge in [-0.05, 0) is 24.6 Å². The molecular weight excluding hydrogens is 576 g/mol. The molecule has 2 saturated heterocycles. The van der Waals surface area contributed by atoms with Crippen molar-refractivity contribution in [3.63, 3.8) is 0 Å². The average Bonchev–Trinajstić information content (AvgIpc) is 2.97. The van der Waals surface area contributed by atoms with Crippen LogP contribution < -0.4 is 14.2 Å². The Morgan fingerprint density at radius 2 is 1.63 bits per heavy atom. The molecule has 3 heterocycles. The lowest BCUT2D eigenvalue weighted by molar-refractivity contribution is -0.354. The number of carbonyl (C=O) groups is 1. The smallest absolute Gasteiger partial charge is 0.229 e. The van der Waals surface area contributed by atoms with E-state index < -0.39 is 85.7 Å². The predicted molar refractivity (Wildman–Crippen MR) is 141 cm³/mol. The molecule has 0 aliphatic carbocycles. The van der Waals surface area contributed by atoms with Crippen LogP contribution in [0.3, 0.4) is 0 Å². The third kappa shape index (κ3) is 5.95. The standard InChI is InChI=1S/C28H34O15/c1-10-21(33)23(35)25(37)27(39-10)43-26-24(36)22(34)19(9-29)42-28(26)40-12-6-14(31)20-15(32)8-17(41-18(20)7-12)11-3-4-16(38-2)13(30)5-11/h3-7,10,17,19,21-31,33-37H,8-9H2,1-2H3/t10-,17+,19-,21+,22+,23+,24+,25+,26+,27+,28-/m1/s1. The van der Waals surface area contributed by atoms with Crippen LogP contribution >= 0.6 is 0 Å². The number of ketones is 1. The van der Waals surface area contributed by atoms with Gasteiger partial charge in [0.25, 0.3) is 0 Å². The Hall–Kier alpha value is -3.25. The van der Waals surface area contributed by atoms with Crippen LogP contribution in [0.1, 0.15) is 35.4 Å². The fourth-order valence-corrected chi connectivity index (χ4v) is 5.29. The molecule has 3 aliphatic heterocycles. The van der Waals surface area contributed by atoms with E-state index in [2.05, 4.69) is 0 Å². The van der Waals surface area contributed by atoms with Gasteiger partial charge in [0.15, 0.2) is 29.7 Å². The molecule has 5 rings (SSSR count). The summed E-state index contributed by atoms with van der Waals surface area (Å²) in [5.41, 5.74) is 0.352. The molecule has 0 amide bonds. The molecule has 8 N–H and O–H groups in total. The first-order chi connectivity index (χ1) is 20.4. The average molecular weight is 611 g/mol. The molecule has 15 nitrogen and oxygen atoms in total. The minimum absolute atomic E-state index is 0.0592. The van der Waals surface area contributed by atoms with Crippen LogP contribution in [-0.2, 0) is 14.2 Å². The van der Waals surface area contributed by atoms with Gasteiger partial charge in [-0.3, -0.25) is 4.79 Å². The van der Waals surface area contributed by atoms with Gasteiger partial charge < -0.3 is 69.3 Å². The first-order valence-electron chi connectivity index (χ1n) is 13.5. The van der Waals surface area contributed by atoms with Gasteiger partial charge in [-0.25, -0.2) is 0 Å². The normalized spacial score (nSPS) is 36.0. The summed E-state index contributed by atoms with van der Waals surface area (Å²) >= 11 is 0. The Morgan fingerprint density at radius 1 is 0.884 bits per heavy atom. The molecule has 2 aromatic rings. The molecular formula is C28H34O15. The van der Waals surface area contributed by atoms with E-state index in [9.17, 15) is 45.6 Å². The van der Waals surface area contributed by atoms with Crippen molar-refractivity contribution < 1.29 is 74.1 Å². The van der Waals surface area contributed by atoms with Gasteiger partial charge in [0.2, 0.25) is 6.29 Å². The molecule has 15 heteroatoms. The molecule has 0 spiro atoms. The maximum Gasteiger partial charge on any atom is 0.229 e. The van der Waals surface area contributed by atoms with Crippen molar-refractivity contribution in [1.82, 2.24) is 0 Å². The van der Waals surface area contributed by atoms with Crippen molar-refractivity contribution in [1.29, 1.82) is 0 Å². The van der Waals surface area contributed by atoms with E-state index in [1.165, 1.54) is 32.2 Å². The zero-order valence-corrected chi connectivity index (χ0v) is 23.1. The van der Waals surface area contributed by atoms with Crippen molar-refractivity contribution in [2.75, 3.05) is 13.7 Å². The molecule has 2 aromatic carbocycles. The first-order valence-corrected chi connectivity index (χ1v) is 13.5. The molecule has 11 atom stereocenters. The number of rotatable bonds is 7. The monoisotopic (exact) mass is 610 g/mol. The Morgan fingerprint density at radius 3 is 2.30 bits per heavy atom. The maximum atomic E-state index is 13.0. The Balaban J connectivity index is 1.41. The van der Waals surface area contributed by atoms with E-state index in [1.54, 1.807) is 6.07 Å². The van der Waals surface area contributed by atoms with Crippen LogP contribution in [0.5, 0.6) is 28.7 Å². The lowest BCUT2D eigenvalue weighted by atomic mass is 9.95. The van der Waals surface area contributed by atoms with E-state index in [1.807, 2.05) is 0 Å². The van der Waals surface area contributed by atoms with E-state index in [4.69, 9.17) is 28.4 Å². The number of aliphatic hydroxyl groups excluding tert-OH is 6.